The van der Waals surface area contributed by atoms with E-state index in [0.717, 1.165) is 19.3 Å². The summed E-state index contributed by atoms with van der Waals surface area (Å²) in [5.41, 5.74) is 0. The van der Waals surface area contributed by atoms with Crippen molar-refractivity contribution in [1.82, 2.24) is 5.32 Å². The zero-order valence-corrected chi connectivity index (χ0v) is 11.9. The highest BCUT2D eigenvalue weighted by atomic mass is 16.6. The predicted molar refractivity (Wildman–Crippen MR) is 73.1 cm³/mol. The molecular weight excluding hydrogens is 258 g/mol. The van der Waals surface area contributed by atoms with Gasteiger partial charge in [-0.15, -0.1) is 0 Å². The molecule has 0 bridgehead atoms. The van der Waals surface area contributed by atoms with Gasteiger partial charge >= 0.3 is 5.97 Å². The second kappa shape index (κ2) is 6.59. The first-order valence-electron chi connectivity index (χ1n) is 7.13. The minimum Gasteiger partial charge on any atom is -0.457 e. The summed E-state index contributed by atoms with van der Waals surface area (Å²) in [6.45, 7) is 3.72. The monoisotopic (exact) mass is 279 g/mol. The molecule has 0 saturated heterocycles. The number of carbonyl (C=O) groups excluding carboxylic acids is 2. The molecular formula is C15H21NO4. The van der Waals surface area contributed by atoms with Crippen molar-refractivity contribution in [1.29, 1.82) is 0 Å². The molecule has 1 amide bonds. The lowest BCUT2D eigenvalue weighted by molar-refractivity contribution is -0.130. The van der Waals surface area contributed by atoms with E-state index in [2.05, 4.69) is 12.2 Å². The lowest BCUT2D eigenvalue weighted by Crippen LogP contribution is -2.45. The summed E-state index contributed by atoms with van der Waals surface area (Å²) in [4.78, 5) is 23.7. The molecule has 3 unspecified atom stereocenters. The van der Waals surface area contributed by atoms with E-state index < -0.39 is 12.1 Å². The molecule has 3 atom stereocenters. The Hall–Kier alpha value is -1.78. The largest absolute Gasteiger partial charge is 0.457 e. The first-order valence-corrected chi connectivity index (χ1v) is 7.13. The second-order valence-electron chi connectivity index (χ2n) is 5.40. The molecule has 5 nitrogen and oxygen atoms in total. The Morgan fingerprint density at radius 3 is 2.80 bits per heavy atom. The molecule has 20 heavy (non-hydrogen) atoms. The Morgan fingerprint density at radius 2 is 2.15 bits per heavy atom. The van der Waals surface area contributed by atoms with Crippen LogP contribution in [-0.2, 0) is 9.53 Å². The molecule has 1 fully saturated rings. The van der Waals surface area contributed by atoms with Crippen LogP contribution in [0.15, 0.2) is 22.8 Å². The Bertz CT molecular complexity index is 454. The van der Waals surface area contributed by atoms with Crippen LogP contribution < -0.4 is 5.32 Å². The quantitative estimate of drug-likeness (QED) is 0.860. The number of amides is 1. The van der Waals surface area contributed by atoms with Crippen LogP contribution in [-0.4, -0.2) is 24.0 Å². The fourth-order valence-electron chi connectivity index (χ4n) is 2.50. The van der Waals surface area contributed by atoms with Crippen LogP contribution in [0.1, 0.15) is 50.1 Å². The van der Waals surface area contributed by atoms with Crippen molar-refractivity contribution >= 4 is 11.9 Å². The molecule has 0 radical (unpaired) electrons. The van der Waals surface area contributed by atoms with Crippen molar-refractivity contribution in [2.75, 3.05) is 0 Å². The summed E-state index contributed by atoms with van der Waals surface area (Å²) >= 11 is 0. The van der Waals surface area contributed by atoms with Gasteiger partial charge < -0.3 is 14.5 Å². The molecule has 1 saturated carbocycles. The maximum absolute atomic E-state index is 12.0. The fraction of sp³-hybridized carbons (Fsp3) is 0.600. The van der Waals surface area contributed by atoms with Crippen molar-refractivity contribution in [3.63, 3.8) is 0 Å². The zero-order chi connectivity index (χ0) is 14.5. The van der Waals surface area contributed by atoms with Gasteiger partial charge in [0.05, 0.1) is 6.26 Å². The number of nitrogens with one attached hydrogen (secondary N) is 1. The topological polar surface area (TPSA) is 68.5 Å². The maximum Gasteiger partial charge on any atom is 0.374 e. The molecule has 1 aliphatic carbocycles. The van der Waals surface area contributed by atoms with E-state index in [9.17, 15) is 9.59 Å². The number of esters is 1. The average Bonchev–Trinajstić information content (AvgIpc) is 2.95. The normalized spacial score (nSPS) is 23.9. The van der Waals surface area contributed by atoms with Gasteiger partial charge in [-0.3, -0.25) is 4.79 Å². The highest BCUT2D eigenvalue weighted by Gasteiger charge is 2.26. The lowest BCUT2D eigenvalue weighted by atomic mass is 9.86. The Balaban J connectivity index is 1.84. The van der Waals surface area contributed by atoms with Crippen LogP contribution in [0.2, 0.25) is 0 Å². The van der Waals surface area contributed by atoms with E-state index in [0.29, 0.717) is 5.92 Å². The second-order valence-corrected chi connectivity index (χ2v) is 5.40. The van der Waals surface area contributed by atoms with Crippen LogP contribution >= 0.6 is 0 Å². The average molecular weight is 279 g/mol. The number of carbonyl (C=O) groups is 2. The van der Waals surface area contributed by atoms with Crippen molar-refractivity contribution in [3.8, 4) is 0 Å². The first-order chi connectivity index (χ1) is 9.58. The van der Waals surface area contributed by atoms with E-state index in [1.54, 1.807) is 13.0 Å². The van der Waals surface area contributed by atoms with Crippen molar-refractivity contribution < 1.29 is 18.7 Å². The van der Waals surface area contributed by atoms with Crippen LogP contribution in [0.4, 0.5) is 0 Å². The summed E-state index contributed by atoms with van der Waals surface area (Å²) in [6, 6.07) is 3.29. The van der Waals surface area contributed by atoms with Gasteiger partial charge in [0, 0.05) is 6.04 Å². The van der Waals surface area contributed by atoms with E-state index in [-0.39, 0.29) is 17.7 Å². The molecule has 1 aliphatic rings. The van der Waals surface area contributed by atoms with E-state index in [1.165, 1.54) is 18.8 Å². The van der Waals surface area contributed by atoms with Gasteiger partial charge in [-0.25, -0.2) is 4.79 Å². The van der Waals surface area contributed by atoms with E-state index in [4.69, 9.17) is 9.15 Å². The molecule has 0 aromatic carbocycles. The third kappa shape index (κ3) is 3.62. The van der Waals surface area contributed by atoms with Gasteiger partial charge in [-0.2, -0.15) is 0 Å². The molecule has 0 spiro atoms. The highest BCUT2D eigenvalue weighted by Crippen LogP contribution is 2.23. The third-order valence-corrected chi connectivity index (χ3v) is 3.81. The number of hydrogen-bond donors (Lipinski definition) is 1. The van der Waals surface area contributed by atoms with E-state index >= 15 is 0 Å². The first kappa shape index (κ1) is 14.6. The number of ether oxygens (including phenoxy) is 1. The Morgan fingerprint density at radius 1 is 1.40 bits per heavy atom. The van der Waals surface area contributed by atoms with Crippen LogP contribution in [0, 0.1) is 5.92 Å². The summed E-state index contributed by atoms with van der Waals surface area (Å²) in [6.07, 6.45) is 5.05. The van der Waals surface area contributed by atoms with Gasteiger partial charge in [0.1, 0.15) is 0 Å². The predicted octanol–water partition coefficient (Wildman–Crippen LogP) is 2.52. The van der Waals surface area contributed by atoms with Gasteiger partial charge in [-0.1, -0.05) is 19.8 Å². The summed E-state index contributed by atoms with van der Waals surface area (Å²) in [7, 11) is 0. The smallest absolute Gasteiger partial charge is 0.374 e. The van der Waals surface area contributed by atoms with Gasteiger partial charge in [0.25, 0.3) is 5.91 Å². The fourth-order valence-corrected chi connectivity index (χ4v) is 2.50. The molecule has 5 heteroatoms. The van der Waals surface area contributed by atoms with Crippen molar-refractivity contribution in [2.24, 2.45) is 5.92 Å². The van der Waals surface area contributed by atoms with E-state index in [1.807, 2.05) is 0 Å². The number of rotatable bonds is 4. The molecule has 1 aromatic heterocycles. The number of furan rings is 1. The Kier molecular flexibility index (Phi) is 4.82. The van der Waals surface area contributed by atoms with Crippen LogP contribution in [0.25, 0.3) is 0 Å². The minimum absolute atomic E-state index is 0.107. The minimum atomic E-state index is -0.818. The highest BCUT2D eigenvalue weighted by molar-refractivity contribution is 5.90. The van der Waals surface area contributed by atoms with Gasteiger partial charge in [0.15, 0.2) is 6.10 Å². The molecule has 2 rings (SSSR count). The number of hydrogen-bond acceptors (Lipinski definition) is 4. The molecule has 1 aromatic rings. The van der Waals surface area contributed by atoms with Crippen LogP contribution in [0.5, 0.6) is 0 Å². The van der Waals surface area contributed by atoms with Crippen molar-refractivity contribution in [3.05, 3.63) is 24.2 Å². The Labute approximate surface area is 118 Å². The third-order valence-electron chi connectivity index (χ3n) is 3.81. The van der Waals surface area contributed by atoms with Gasteiger partial charge in [-0.05, 0) is 37.8 Å². The zero-order valence-electron chi connectivity index (χ0n) is 11.9. The van der Waals surface area contributed by atoms with Crippen LogP contribution in [0.3, 0.4) is 0 Å². The maximum atomic E-state index is 12.0. The summed E-state index contributed by atoms with van der Waals surface area (Å²) in [5, 5.41) is 2.97. The van der Waals surface area contributed by atoms with Gasteiger partial charge in [0.2, 0.25) is 5.76 Å². The van der Waals surface area contributed by atoms with Crippen molar-refractivity contribution in [2.45, 2.75) is 51.7 Å². The SMILES string of the molecule is CC(OC(=O)c1ccco1)C(=O)NC1CCCCC1C. The summed E-state index contributed by atoms with van der Waals surface area (Å²) < 4.78 is 10.0. The standard InChI is InChI=1S/C15H21NO4/c1-10-6-3-4-7-12(10)16-14(17)11(2)20-15(18)13-8-5-9-19-13/h5,8-12H,3-4,6-7H2,1-2H3,(H,16,17). The molecule has 0 aliphatic heterocycles. The molecule has 1 heterocycles. The molecule has 110 valence electrons. The molecule has 1 N–H and O–H groups in total. The lowest BCUT2D eigenvalue weighted by Gasteiger charge is -2.30. The summed E-state index contributed by atoms with van der Waals surface area (Å²) in [5.74, 6) is -0.283.